The van der Waals surface area contributed by atoms with Crippen LogP contribution in [-0.4, -0.2) is 13.4 Å². The Morgan fingerprint density at radius 1 is 1.43 bits per heavy atom. The van der Waals surface area contributed by atoms with Crippen LogP contribution in [0.4, 0.5) is 0 Å². The zero-order chi connectivity index (χ0) is 10.8. The molecule has 0 fully saturated rings. The number of hydrogen-bond acceptors (Lipinski definition) is 3. The smallest absolute Gasteiger partial charge is 0.239 e. The van der Waals surface area contributed by atoms with Crippen molar-refractivity contribution in [2.24, 2.45) is 11.1 Å². The minimum Gasteiger partial charge on any atom is -0.260 e. The first-order valence-electron chi connectivity index (χ1n) is 4.37. The van der Waals surface area contributed by atoms with Gasteiger partial charge in [0.25, 0.3) is 0 Å². The van der Waals surface area contributed by atoms with E-state index in [-0.39, 0.29) is 4.90 Å². The molecule has 2 N–H and O–H groups in total. The lowest BCUT2D eigenvalue weighted by molar-refractivity contribution is 0.596. The Hall–Kier alpha value is -0.940. The van der Waals surface area contributed by atoms with Crippen LogP contribution in [0.2, 0.25) is 0 Å². The Labute approximate surface area is 84.2 Å². The van der Waals surface area contributed by atoms with Gasteiger partial charge in [0.2, 0.25) is 10.0 Å². The van der Waals surface area contributed by atoms with E-state index in [2.05, 4.69) is 18.8 Å². The van der Waals surface area contributed by atoms with Crippen LogP contribution in [0.3, 0.4) is 0 Å². The number of primary sulfonamides is 1. The second-order valence-corrected chi connectivity index (χ2v) is 5.19. The lowest BCUT2D eigenvalue weighted by atomic mass is 10.1. The number of nitrogens with two attached hydrogens (primary N) is 1. The molecule has 0 aliphatic rings. The maximum Gasteiger partial charge on any atom is 0.239 e. The molecule has 1 rings (SSSR count). The Bertz CT molecular complexity index is 395. The van der Waals surface area contributed by atoms with E-state index < -0.39 is 10.0 Å². The highest BCUT2D eigenvalue weighted by molar-refractivity contribution is 7.89. The van der Waals surface area contributed by atoms with Crippen molar-refractivity contribution in [1.82, 2.24) is 4.98 Å². The molecule has 0 aliphatic heterocycles. The minimum absolute atomic E-state index is 0.0602. The third-order valence-corrected chi connectivity index (χ3v) is 2.64. The van der Waals surface area contributed by atoms with Crippen LogP contribution in [0.5, 0.6) is 0 Å². The van der Waals surface area contributed by atoms with Crippen LogP contribution >= 0.6 is 0 Å². The van der Waals surface area contributed by atoms with Crippen LogP contribution < -0.4 is 5.14 Å². The fraction of sp³-hybridized carbons (Fsp3) is 0.444. The molecule has 14 heavy (non-hydrogen) atoms. The maximum absolute atomic E-state index is 10.9. The number of sulfonamides is 1. The van der Waals surface area contributed by atoms with Gasteiger partial charge in [-0.15, -0.1) is 0 Å². The van der Waals surface area contributed by atoms with E-state index in [0.717, 1.165) is 12.1 Å². The normalized spacial score (nSPS) is 12.0. The molecule has 0 aliphatic carbocycles. The fourth-order valence-corrected chi connectivity index (χ4v) is 1.58. The first-order chi connectivity index (χ1) is 6.39. The summed E-state index contributed by atoms with van der Waals surface area (Å²) in [4.78, 5) is 4.09. The summed E-state index contributed by atoms with van der Waals surface area (Å²) in [5, 5.41) is 4.94. The molecule has 0 unspecified atom stereocenters. The molecule has 78 valence electrons. The summed E-state index contributed by atoms with van der Waals surface area (Å²) >= 11 is 0. The van der Waals surface area contributed by atoms with Gasteiger partial charge in [0.15, 0.2) is 0 Å². The summed E-state index contributed by atoms with van der Waals surface area (Å²) in [7, 11) is -3.61. The SMILES string of the molecule is CC(C)Cc1ccc(S(N)(=O)=O)cn1. The van der Waals surface area contributed by atoms with Gasteiger partial charge < -0.3 is 0 Å². The predicted molar refractivity (Wildman–Crippen MR) is 54.2 cm³/mol. The Balaban J connectivity index is 2.90. The zero-order valence-corrected chi connectivity index (χ0v) is 9.08. The summed E-state index contributed by atoms with van der Waals surface area (Å²) in [5.74, 6) is 0.503. The highest BCUT2D eigenvalue weighted by atomic mass is 32.2. The molecular weight excluding hydrogens is 200 g/mol. The van der Waals surface area contributed by atoms with Crippen molar-refractivity contribution in [2.75, 3.05) is 0 Å². The standard InChI is InChI=1S/C9H14N2O2S/c1-7(2)5-8-3-4-9(6-11-8)14(10,12)13/h3-4,6-7H,5H2,1-2H3,(H2,10,12,13). The van der Waals surface area contributed by atoms with Crippen molar-refractivity contribution in [1.29, 1.82) is 0 Å². The first kappa shape index (κ1) is 11.1. The van der Waals surface area contributed by atoms with Crippen LogP contribution in [0.25, 0.3) is 0 Å². The number of hydrogen-bond donors (Lipinski definition) is 1. The van der Waals surface area contributed by atoms with E-state index in [1.54, 1.807) is 6.07 Å². The number of pyridine rings is 1. The summed E-state index contributed by atoms with van der Waals surface area (Å²) in [5.41, 5.74) is 0.882. The van der Waals surface area contributed by atoms with E-state index in [4.69, 9.17) is 5.14 Å². The molecule has 1 aromatic heterocycles. The molecule has 0 radical (unpaired) electrons. The van der Waals surface area contributed by atoms with Gasteiger partial charge in [-0.05, 0) is 24.5 Å². The van der Waals surface area contributed by atoms with E-state index in [0.29, 0.717) is 5.92 Å². The largest absolute Gasteiger partial charge is 0.260 e. The van der Waals surface area contributed by atoms with Crippen LogP contribution in [0.15, 0.2) is 23.2 Å². The van der Waals surface area contributed by atoms with Crippen molar-refractivity contribution < 1.29 is 8.42 Å². The predicted octanol–water partition coefficient (Wildman–Crippen LogP) is 0.928. The van der Waals surface area contributed by atoms with E-state index >= 15 is 0 Å². The van der Waals surface area contributed by atoms with Gasteiger partial charge in [-0.2, -0.15) is 0 Å². The molecule has 0 saturated heterocycles. The second kappa shape index (κ2) is 4.06. The van der Waals surface area contributed by atoms with Crippen LogP contribution in [0.1, 0.15) is 19.5 Å². The molecule has 0 amide bonds. The zero-order valence-electron chi connectivity index (χ0n) is 8.27. The van der Waals surface area contributed by atoms with Gasteiger partial charge in [0.05, 0.1) is 0 Å². The minimum atomic E-state index is -3.61. The number of rotatable bonds is 3. The maximum atomic E-state index is 10.9. The summed E-state index contributed by atoms with van der Waals surface area (Å²) < 4.78 is 21.8. The molecule has 0 aromatic carbocycles. The molecule has 0 bridgehead atoms. The van der Waals surface area contributed by atoms with Crippen LogP contribution in [-0.2, 0) is 16.4 Å². The number of nitrogens with zero attached hydrogens (tertiary/aromatic N) is 1. The Morgan fingerprint density at radius 3 is 2.43 bits per heavy atom. The highest BCUT2D eigenvalue weighted by Crippen LogP contribution is 2.08. The summed E-state index contributed by atoms with van der Waals surface area (Å²) in [6.45, 7) is 4.16. The number of aromatic nitrogens is 1. The lowest BCUT2D eigenvalue weighted by Gasteiger charge is -2.04. The van der Waals surface area contributed by atoms with Gasteiger partial charge in [0.1, 0.15) is 4.90 Å². The van der Waals surface area contributed by atoms with Crippen molar-refractivity contribution in [3.05, 3.63) is 24.0 Å². The molecule has 0 spiro atoms. The first-order valence-corrected chi connectivity index (χ1v) is 5.92. The average Bonchev–Trinajstić information content (AvgIpc) is 2.02. The third-order valence-electron chi connectivity index (χ3n) is 1.74. The van der Waals surface area contributed by atoms with Crippen molar-refractivity contribution in [3.8, 4) is 0 Å². The van der Waals surface area contributed by atoms with E-state index in [1.807, 2.05) is 0 Å². The molecule has 0 atom stereocenters. The van der Waals surface area contributed by atoms with Crippen molar-refractivity contribution in [2.45, 2.75) is 25.2 Å². The van der Waals surface area contributed by atoms with E-state index in [1.165, 1.54) is 12.3 Å². The molecule has 0 saturated carbocycles. The average molecular weight is 214 g/mol. The van der Waals surface area contributed by atoms with Gasteiger partial charge in [-0.1, -0.05) is 13.8 Å². The molecular formula is C9H14N2O2S. The van der Waals surface area contributed by atoms with Gasteiger partial charge in [0, 0.05) is 11.9 Å². The van der Waals surface area contributed by atoms with Crippen molar-refractivity contribution in [3.63, 3.8) is 0 Å². The fourth-order valence-electron chi connectivity index (χ4n) is 1.12. The van der Waals surface area contributed by atoms with E-state index in [9.17, 15) is 8.42 Å². The summed E-state index contributed by atoms with van der Waals surface area (Å²) in [6.07, 6.45) is 2.14. The Kier molecular flexibility index (Phi) is 3.23. The monoisotopic (exact) mass is 214 g/mol. The highest BCUT2D eigenvalue weighted by Gasteiger charge is 2.07. The molecule has 1 aromatic rings. The second-order valence-electron chi connectivity index (χ2n) is 3.63. The lowest BCUT2D eigenvalue weighted by Crippen LogP contribution is -2.12. The molecule has 4 nitrogen and oxygen atoms in total. The van der Waals surface area contributed by atoms with Crippen molar-refractivity contribution >= 4 is 10.0 Å². The van der Waals surface area contributed by atoms with Crippen LogP contribution in [0, 0.1) is 5.92 Å². The Morgan fingerprint density at radius 2 is 2.07 bits per heavy atom. The van der Waals surface area contributed by atoms with Gasteiger partial charge >= 0.3 is 0 Å². The summed E-state index contributed by atoms with van der Waals surface area (Å²) in [6, 6.07) is 3.18. The topological polar surface area (TPSA) is 73.1 Å². The molecule has 1 heterocycles. The quantitative estimate of drug-likeness (QED) is 0.813. The molecule has 5 heteroatoms. The van der Waals surface area contributed by atoms with Gasteiger partial charge in [-0.3, -0.25) is 4.98 Å². The third kappa shape index (κ3) is 3.08. The van der Waals surface area contributed by atoms with Gasteiger partial charge in [-0.25, -0.2) is 13.6 Å².